The maximum atomic E-state index is 13.2. The van der Waals surface area contributed by atoms with Gasteiger partial charge in [0.05, 0.1) is 11.2 Å². The molecule has 2 heterocycles. The lowest BCUT2D eigenvalue weighted by atomic mass is 9.92. The van der Waals surface area contributed by atoms with Crippen molar-refractivity contribution in [2.24, 2.45) is 13.0 Å². The number of rotatable bonds is 4. The normalized spacial score (nSPS) is 22.4. The molecule has 6 heteroatoms. The molecule has 0 spiro atoms. The van der Waals surface area contributed by atoms with Crippen molar-refractivity contribution in [3.63, 3.8) is 0 Å². The molecule has 1 fully saturated rings. The Kier molecular flexibility index (Phi) is 4.47. The summed E-state index contributed by atoms with van der Waals surface area (Å²) in [4.78, 5) is 2.27. The van der Waals surface area contributed by atoms with Crippen LogP contribution in [0.4, 0.5) is 4.39 Å². The Labute approximate surface area is 134 Å². The van der Waals surface area contributed by atoms with Crippen LogP contribution in [0.5, 0.6) is 0 Å². The van der Waals surface area contributed by atoms with Crippen molar-refractivity contribution in [1.82, 2.24) is 14.7 Å². The minimum Gasteiger partial charge on any atom is -0.396 e. The topological polar surface area (TPSA) is 41.3 Å². The fourth-order valence-corrected chi connectivity index (χ4v) is 3.38. The first-order valence-electron chi connectivity index (χ1n) is 7.32. The van der Waals surface area contributed by atoms with E-state index in [1.54, 1.807) is 16.8 Å². The predicted octanol–water partition coefficient (Wildman–Crippen LogP) is 2.42. The molecule has 0 unspecified atom stereocenters. The molecule has 1 saturated heterocycles. The minimum absolute atomic E-state index is 0.152. The largest absolute Gasteiger partial charge is 0.396 e. The second-order valence-electron chi connectivity index (χ2n) is 5.94. The molecule has 118 valence electrons. The molecule has 2 atom stereocenters. The highest BCUT2D eigenvalue weighted by atomic mass is 35.5. The zero-order valence-corrected chi connectivity index (χ0v) is 13.2. The van der Waals surface area contributed by atoms with Crippen LogP contribution in [0.15, 0.2) is 30.6 Å². The van der Waals surface area contributed by atoms with Gasteiger partial charge in [-0.25, -0.2) is 4.39 Å². The SMILES string of the molecule is Cn1cc([C@@H]2CN(Cc3ccc(F)c(Cl)c3)C[C@H]2CO)cn1. The summed E-state index contributed by atoms with van der Waals surface area (Å²) in [5, 5.41) is 14.0. The van der Waals surface area contributed by atoms with Gasteiger partial charge in [0.2, 0.25) is 0 Å². The fraction of sp³-hybridized carbons (Fsp3) is 0.438. The maximum absolute atomic E-state index is 13.2. The highest BCUT2D eigenvalue weighted by Gasteiger charge is 2.33. The predicted molar refractivity (Wildman–Crippen MR) is 83.2 cm³/mol. The van der Waals surface area contributed by atoms with Gasteiger partial charge < -0.3 is 5.11 Å². The van der Waals surface area contributed by atoms with Gasteiger partial charge in [-0.1, -0.05) is 17.7 Å². The number of likely N-dealkylation sites (tertiary alicyclic amines) is 1. The van der Waals surface area contributed by atoms with Crippen molar-refractivity contribution < 1.29 is 9.50 Å². The first-order valence-corrected chi connectivity index (χ1v) is 7.70. The summed E-state index contributed by atoms with van der Waals surface area (Å²) in [6.45, 7) is 2.52. The molecule has 1 aromatic heterocycles. The second-order valence-corrected chi connectivity index (χ2v) is 6.35. The van der Waals surface area contributed by atoms with E-state index >= 15 is 0 Å². The lowest BCUT2D eigenvalue weighted by molar-refractivity contribution is 0.214. The molecular weight excluding hydrogens is 305 g/mol. The van der Waals surface area contributed by atoms with Crippen LogP contribution in [0.3, 0.4) is 0 Å². The van der Waals surface area contributed by atoms with Crippen molar-refractivity contribution in [2.75, 3.05) is 19.7 Å². The van der Waals surface area contributed by atoms with Crippen LogP contribution < -0.4 is 0 Å². The number of aromatic nitrogens is 2. The van der Waals surface area contributed by atoms with Gasteiger partial charge >= 0.3 is 0 Å². The Balaban J connectivity index is 1.72. The van der Waals surface area contributed by atoms with Gasteiger partial charge in [-0.15, -0.1) is 0 Å². The standard InChI is InChI=1S/C16H19ClFN3O/c1-20-7-12(5-19-20)14-9-21(8-13(14)10-22)6-11-2-3-16(18)15(17)4-11/h2-5,7,13-14,22H,6,8-10H2,1H3/t13-,14-/m0/s1. The van der Waals surface area contributed by atoms with Gasteiger partial charge in [-0.2, -0.15) is 5.10 Å². The van der Waals surface area contributed by atoms with Gasteiger partial charge in [0.1, 0.15) is 5.82 Å². The zero-order chi connectivity index (χ0) is 15.7. The van der Waals surface area contributed by atoms with E-state index in [9.17, 15) is 9.50 Å². The van der Waals surface area contributed by atoms with Gasteiger partial charge in [-0.3, -0.25) is 9.58 Å². The molecule has 1 aliphatic heterocycles. The van der Waals surface area contributed by atoms with Crippen molar-refractivity contribution in [1.29, 1.82) is 0 Å². The van der Waals surface area contributed by atoms with Gasteiger partial charge in [-0.05, 0) is 23.3 Å². The summed E-state index contributed by atoms with van der Waals surface area (Å²) in [6.07, 6.45) is 3.87. The fourth-order valence-electron chi connectivity index (χ4n) is 3.18. The summed E-state index contributed by atoms with van der Waals surface area (Å²) in [5.41, 5.74) is 2.14. The molecule has 1 aromatic carbocycles. The molecule has 3 rings (SSSR count). The highest BCUT2D eigenvalue weighted by molar-refractivity contribution is 6.30. The molecule has 0 bridgehead atoms. The van der Waals surface area contributed by atoms with Crippen LogP contribution in [0.25, 0.3) is 0 Å². The summed E-state index contributed by atoms with van der Waals surface area (Å²) in [7, 11) is 1.89. The van der Waals surface area contributed by atoms with Crippen LogP contribution in [-0.4, -0.2) is 39.5 Å². The van der Waals surface area contributed by atoms with Crippen LogP contribution in [0.1, 0.15) is 17.0 Å². The lowest BCUT2D eigenvalue weighted by Gasteiger charge is -2.16. The highest BCUT2D eigenvalue weighted by Crippen LogP contribution is 2.33. The van der Waals surface area contributed by atoms with Crippen molar-refractivity contribution in [3.8, 4) is 0 Å². The summed E-state index contributed by atoms with van der Waals surface area (Å²) in [5.74, 6) is 0.0723. The third-order valence-electron chi connectivity index (χ3n) is 4.29. The lowest BCUT2D eigenvalue weighted by Crippen LogP contribution is -2.21. The van der Waals surface area contributed by atoms with Crippen LogP contribution in [-0.2, 0) is 13.6 Å². The number of halogens is 2. The first kappa shape index (κ1) is 15.5. The summed E-state index contributed by atoms with van der Waals surface area (Å²) < 4.78 is 15.0. The zero-order valence-electron chi connectivity index (χ0n) is 12.4. The minimum atomic E-state index is -0.395. The van der Waals surface area contributed by atoms with Crippen molar-refractivity contribution in [3.05, 3.63) is 52.6 Å². The van der Waals surface area contributed by atoms with E-state index < -0.39 is 5.82 Å². The van der Waals surface area contributed by atoms with Crippen LogP contribution >= 0.6 is 11.6 Å². The quantitative estimate of drug-likeness (QED) is 0.939. The summed E-state index contributed by atoms with van der Waals surface area (Å²) in [6, 6.07) is 4.82. The molecular formula is C16H19ClFN3O. The van der Waals surface area contributed by atoms with E-state index in [1.165, 1.54) is 6.07 Å². The van der Waals surface area contributed by atoms with Crippen LogP contribution in [0.2, 0.25) is 5.02 Å². The number of hydrogen-bond acceptors (Lipinski definition) is 3. The number of aryl methyl sites for hydroxylation is 1. The van der Waals surface area contributed by atoms with Gasteiger partial charge in [0.15, 0.2) is 0 Å². The first-order chi connectivity index (χ1) is 10.6. The third-order valence-corrected chi connectivity index (χ3v) is 4.58. The molecule has 1 N–H and O–H groups in total. The molecule has 0 saturated carbocycles. The number of hydrogen-bond donors (Lipinski definition) is 1. The maximum Gasteiger partial charge on any atom is 0.141 e. The average molecular weight is 324 g/mol. The molecule has 2 aromatic rings. The van der Waals surface area contributed by atoms with E-state index in [4.69, 9.17) is 11.6 Å². The number of benzene rings is 1. The molecule has 0 amide bonds. The molecule has 22 heavy (non-hydrogen) atoms. The van der Waals surface area contributed by atoms with Crippen molar-refractivity contribution >= 4 is 11.6 Å². The van der Waals surface area contributed by atoms with E-state index in [-0.39, 0.29) is 23.5 Å². The Hall–Kier alpha value is -1.43. The van der Waals surface area contributed by atoms with E-state index in [1.807, 2.05) is 19.4 Å². The molecule has 0 radical (unpaired) electrons. The van der Waals surface area contributed by atoms with Crippen LogP contribution in [0, 0.1) is 11.7 Å². The van der Waals surface area contributed by atoms with Gasteiger partial charge in [0, 0.05) is 51.3 Å². The van der Waals surface area contributed by atoms with E-state index in [0.29, 0.717) is 6.54 Å². The number of aliphatic hydroxyl groups excluding tert-OH is 1. The Bertz CT molecular complexity index is 661. The number of aliphatic hydroxyl groups is 1. The van der Waals surface area contributed by atoms with E-state index in [0.717, 1.165) is 24.2 Å². The molecule has 1 aliphatic rings. The third kappa shape index (κ3) is 3.16. The molecule has 4 nitrogen and oxygen atoms in total. The Morgan fingerprint density at radius 3 is 2.86 bits per heavy atom. The Morgan fingerprint density at radius 2 is 2.23 bits per heavy atom. The van der Waals surface area contributed by atoms with E-state index in [2.05, 4.69) is 10.00 Å². The summed E-state index contributed by atoms with van der Waals surface area (Å²) >= 11 is 5.84. The molecule has 0 aliphatic carbocycles. The number of nitrogens with zero attached hydrogens (tertiary/aromatic N) is 3. The average Bonchev–Trinajstić information content (AvgIpc) is 3.09. The van der Waals surface area contributed by atoms with Crippen molar-refractivity contribution in [2.45, 2.75) is 12.5 Å². The smallest absolute Gasteiger partial charge is 0.141 e. The monoisotopic (exact) mass is 323 g/mol. The Morgan fingerprint density at radius 1 is 1.41 bits per heavy atom. The second kappa shape index (κ2) is 6.36. The van der Waals surface area contributed by atoms with Gasteiger partial charge in [0.25, 0.3) is 0 Å².